The zero-order valence-corrected chi connectivity index (χ0v) is 7.07. The van der Waals surface area contributed by atoms with Gasteiger partial charge in [-0.3, -0.25) is 0 Å². The van der Waals surface area contributed by atoms with Crippen molar-refractivity contribution in [2.75, 3.05) is 18.3 Å². The summed E-state index contributed by atoms with van der Waals surface area (Å²) in [5, 5.41) is 3.12. The molecule has 0 unspecified atom stereocenters. The highest BCUT2D eigenvalue weighted by Gasteiger charge is 2.09. The normalized spacial score (nSPS) is 13.5. The standard InChI is InChI=1S/C8H9NOS/c1-11-6-2-3-7-8(4-6)10-5-9-7/h2-4,9H,5H2,1H3. The number of nitrogens with one attached hydrogen (secondary N) is 1. The maximum absolute atomic E-state index is 5.32. The number of rotatable bonds is 1. The summed E-state index contributed by atoms with van der Waals surface area (Å²) >= 11 is 1.73. The number of hydrogen-bond donors (Lipinski definition) is 1. The second-order valence-corrected chi connectivity index (χ2v) is 3.21. The van der Waals surface area contributed by atoms with Gasteiger partial charge in [-0.15, -0.1) is 11.8 Å². The van der Waals surface area contributed by atoms with Crippen LogP contribution >= 0.6 is 11.8 Å². The molecule has 1 aliphatic rings. The van der Waals surface area contributed by atoms with Crippen LogP contribution < -0.4 is 10.1 Å². The summed E-state index contributed by atoms with van der Waals surface area (Å²) < 4.78 is 5.32. The van der Waals surface area contributed by atoms with Gasteiger partial charge in [0.15, 0.2) is 6.73 Å². The van der Waals surface area contributed by atoms with Crippen molar-refractivity contribution < 1.29 is 4.74 Å². The van der Waals surface area contributed by atoms with E-state index in [1.165, 1.54) is 4.90 Å². The third kappa shape index (κ3) is 1.16. The van der Waals surface area contributed by atoms with E-state index in [2.05, 4.69) is 23.7 Å². The Morgan fingerprint density at radius 2 is 2.45 bits per heavy atom. The van der Waals surface area contributed by atoms with E-state index in [1.54, 1.807) is 11.8 Å². The van der Waals surface area contributed by atoms with Gasteiger partial charge in [-0.2, -0.15) is 0 Å². The minimum Gasteiger partial charge on any atom is -0.471 e. The molecule has 0 radical (unpaired) electrons. The first-order valence-corrected chi connectivity index (χ1v) is 4.67. The first-order valence-electron chi connectivity index (χ1n) is 3.45. The van der Waals surface area contributed by atoms with Crippen LogP contribution in [0.1, 0.15) is 0 Å². The Morgan fingerprint density at radius 1 is 1.55 bits per heavy atom. The van der Waals surface area contributed by atoms with Crippen molar-refractivity contribution in [3.8, 4) is 5.75 Å². The van der Waals surface area contributed by atoms with Crippen LogP contribution in [0.25, 0.3) is 0 Å². The van der Waals surface area contributed by atoms with Crippen molar-refractivity contribution in [2.45, 2.75) is 4.90 Å². The number of fused-ring (bicyclic) bond motifs is 1. The van der Waals surface area contributed by atoms with Crippen LogP contribution in [0.15, 0.2) is 23.1 Å². The minimum atomic E-state index is 0.604. The van der Waals surface area contributed by atoms with E-state index in [0.717, 1.165) is 11.4 Å². The maximum Gasteiger partial charge on any atom is 0.159 e. The number of benzene rings is 1. The van der Waals surface area contributed by atoms with Gasteiger partial charge in [0, 0.05) is 4.90 Å². The lowest BCUT2D eigenvalue weighted by Gasteiger charge is -1.98. The summed E-state index contributed by atoms with van der Waals surface area (Å²) in [6.45, 7) is 0.604. The van der Waals surface area contributed by atoms with Crippen molar-refractivity contribution in [2.24, 2.45) is 0 Å². The Bertz CT molecular complexity index is 275. The fraction of sp³-hybridized carbons (Fsp3) is 0.250. The van der Waals surface area contributed by atoms with E-state index in [-0.39, 0.29) is 0 Å². The molecule has 1 heterocycles. The average Bonchev–Trinajstić information content (AvgIpc) is 2.50. The van der Waals surface area contributed by atoms with E-state index in [4.69, 9.17) is 4.74 Å². The third-order valence-electron chi connectivity index (χ3n) is 1.68. The Kier molecular flexibility index (Phi) is 1.66. The lowest BCUT2D eigenvalue weighted by Crippen LogP contribution is -1.96. The van der Waals surface area contributed by atoms with Gasteiger partial charge in [0.05, 0.1) is 5.69 Å². The fourth-order valence-electron chi connectivity index (χ4n) is 1.09. The molecular formula is C8H9NOS. The first-order chi connectivity index (χ1) is 5.40. The van der Waals surface area contributed by atoms with E-state index < -0.39 is 0 Å². The van der Waals surface area contributed by atoms with Gasteiger partial charge >= 0.3 is 0 Å². The van der Waals surface area contributed by atoms with Crippen LogP contribution in [-0.2, 0) is 0 Å². The van der Waals surface area contributed by atoms with Crippen LogP contribution in [0, 0.1) is 0 Å². The third-order valence-corrected chi connectivity index (χ3v) is 2.40. The lowest BCUT2D eigenvalue weighted by molar-refractivity contribution is 0.372. The van der Waals surface area contributed by atoms with Gasteiger partial charge in [-0.25, -0.2) is 0 Å². The Morgan fingerprint density at radius 3 is 3.27 bits per heavy atom. The zero-order chi connectivity index (χ0) is 7.68. The second kappa shape index (κ2) is 2.66. The summed E-state index contributed by atoms with van der Waals surface area (Å²) in [5.74, 6) is 0.969. The highest BCUT2D eigenvalue weighted by molar-refractivity contribution is 7.98. The van der Waals surface area contributed by atoms with Crippen LogP contribution in [0.5, 0.6) is 5.75 Å². The molecule has 0 saturated heterocycles. The molecule has 1 N–H and O–H groups in total. The van der Waals surface area contributed by atoms with Gasteiger partial charge in [0.25, 0.3) is 0 Å². The van der Waals surface area contributed by atoms with E-state index in [9.17, 15) is 0 Å². The monoisotopic (exact) mass is 167 g/mol. The molecule has 0 saturated carbocycles. The van der Waals surface area contributed by atoms with Crippen LogP contribution in [0.4, 0.5) is 5.69 Å². The van der Waals surface area contributed by atoms with Crippen molar-refractivity contribution in [3.63, 3.8) is 0 Å². The van der Waals surface area contributed by atoms with Gasteiger partial charge in [-0.1, -0.05) is 0 Å². The second-order valence-electron chi connectivity index (χ2n) is 2.33. The summed E-state index contributed by atoms with van der Waals surface area (Å²) in [6, 6.07) is 6.19. The molecule has 0 aliphatic carbocycles. The molecule has 3 heteroatoms. The average molecular weight is 167 g/mol. The summed E-state index contributed by atoms with van der Waals surface area (Å²) in [6.07, 6.45) is 2.06. The van der Waals surface area contributed by atoms with Crippen molar-refractivity contribution in [1.29, 1.82) is 0 Å². The summed E-state index contributed by atoms with van der Waals surface area (Å²) in [7, 11) is 0. The molecule has 1 aliphatic heterocycles. The van der Waals surface area contributed by atoms with Crippen LogP contribution in [0.3, 0.4) is 0 Å². The van der Waals surface area contributed by atoms with E-state index >= 15 is 0 Å². The van der Waals surface area contributed by atoms with Crippen molar-refractivity contribution in [3.05, 3.63) is 18.2 Å². The first kappa shape index (κ1) is 6.85. The number of anilines is 1. The Hall–Kier alpha value is -0.830. The molecule has 0 aromatic heterocycles. The predicted molar refractivity (Wildman–Crippen MR) is 47.3 cm³/mol. The summed E-state index contributed by atoms with van der Waals surface area (Å²) in [5.41, 5.74) is 1.10. The molecular weight excluding hydrogens is 158 g/mol. The molecule has 0 fully saturated rings. The maximum atomic E-state index is 5.32. The quantitative estimate of drug-likeness (QED) is 0.648. The van der Waals surface area contributed by atoms with Crippen LogP contribution in [0.2, 0.25) is 0 Å². The highest BCUT2D eigenvalue weighted by Crippen LogP contribution is 2.32. The van der Waals surface area contributed by atoms with Crippen molar-refractivity contribution in [1.82, 2.24) is 0 Å². The molecule has 0 amide bonds. The largest absolute Gasteiger partial charge is 0.471 e. The van der Waals surface area contributed by atoms with Crippen LogP contribution in [-0.4, -0.2) is 13.0 Å². The Labute approximate surface area is 69.9 Å². The summed E-state index contributed by atoms with van der Waals surface area (Å²) in [4.78, 5) is 1.24. The van der Waals surface area contributed by atoms with E-state index in [0.29, 0.717) is 6.73 Å². The predicted octanol–water partition coefficient (Wildman–Crippen LogP) is 2.17. The van der Waals surface area contributed by atoms with Gasteiger partial charge < -0.3 is 10.1 Å². The molecule has 1 aromatic rings. The van der Waals surface area contributed by atoms with E-state index in [1.807, 2.05) is 6.07 Å². The molecule has 0 bridgehead atoms. The molecule has 11 heavy (non-hydrogen) atoms. The highest BCUT2D eigenvalue weighted by atomic mass is 32.2. The zero-order valence-electron chi connectivity index (χ0n) is 6.26. The number of ether oxygens (including phenoxy) is 1. The SMILES string of the molecule is CSc1ccc2c(c1)OCN2. The smallest absolute Gasteiger partial charge is 0.159 e. The van der Waals surface area contributed by atoms with Crippen molar-refractivity contribution >= 4 is 17.4 Å². The minimum absolute atomic E-state index is 0.604. The van der Waals surface area contributed by atoms with Gasteiger partial charge in [0.1, 0.15) is 5.75 Å². The van der Waals surface area contributed by atoms with Gasteiger partial charge in [0.2, 0.25) is 0 Å². The molecule has 1 aromatic carbocycles. The Balaban J connectivity index is 2.41. The topological polar surface area (TPSA) is 21.3 Å². The molecule has 58 valence electrons. The molecule has 2 nitrogen and oxygen atoms in total. The fourth-order valence-corrected chi connectivity index (χ4v) is 1.52. The molecule has 0 atom stereocenters. The molecule has 2 rings (SSSR count). The number of hydrogen-bond acceptors (Lipinski definition) is 3. The van der Waals surface area contributed by atoms with Gasteiger partial charge in [-0.05, 0) is 24.5 Å². The number of thioether (sulfide) groups is 1. The molecule has 0 spiro atoms. The lowest BCUT2D eigenvalue weighted by atomic mass is 10.3.